The molecular weight excluding hydrogens is 282 g/mol. The predicted octanol–water partition coefficient (Wildman–Crippen LogP) is 0.949. The molecule has 22 heavy (non-hydrogen) atoms. The van der Waals surface area contributed by atoms with Crippen LogP contribution in [0, 0.1) is 0 Å². The van der Waals surface area contributed by atoms with Crippen molar-refractivity contribution in [1.29, 1.82) is 0 Å². The summed E-state index contributed by atoms with van der Waals surface area (Å²) < 4.78 is 5.39. The molecule has 0 bridgehead atoms. The zero-order valence-electron chi connectivity index (χ0n) is 12.9. The number of ether oxygens (including phenoxy) is 1. The maximum absolute atomic E-state index is 12.3. The normalized spacial score (nSPS) is 18.7. The molecule has 1 aliphatic heterocycles. The predicted molar refractivity (Wildman–Crippen MR) is 83.1 cm³/mol. The Labute approximate surface area is 130 Å². The second-order valence-electron chi connectivity index (χ2n) is 5.29. The fourth-order valence-corrected chi connectivity index (χ4v) is 2.37. The van der Waals surface area contributed by atoms with Crippen molar-refractivity contribution < 1.29 is 14.3 Å². The Bertz CT molecular complexity index is 493. The lowest BCUT2D eigenvalue weighted by molar-refractivity contribution is -0.133. The molecule has 1 fully saturated rings. The van der Waals surface area contributed by atoms with Gasteiger partial charge in [0.15, 0.2) is 0 Å². The lowest BCUT2D eigenvalue weighted by Crippen LogP contribution is -2.57. The van der Waals surface area contributed by atoms with E-state index in [2.05, 4.69) is 22.7 Å². The van der Waals surface area contributed by atoms with Crippen LogP contribution in [0.25, 0.3) is 0 Å². The lowest BCUT2D eigenvalue weighted by Gasteiger charge is -2.34. The smallest absolute Gasteiger partial charge is 0.269 e. The minimum Gasteiger partial charge on any atom is -0.378 e. The van der Waals surface area contributed by atoms with Gasteiger partial charge in [-0.2, -0.15) is 0 Å². The van der Waals surface area contributed by atoms with Gasteiger partial charge in [0.2, 0.25) is 0 Å². The van der Waals surface area contributed by atoms with E-state index in [1.165, 1.54) is 0 Å². The molecule has 2 rings (SSSR count). The van der Waals surface area contributed by atoms with Crippen molar-refractivity contribution in [2.45, 2.75) is 25.8 Å². The van der Waals surface area contributed by atoms with E-state index in [1.54, 1.807) is 24.3 Å². The summed E-state index contributed by atoms with van der Waals surface area (Å²) in [6, 6.07) is 8.42. The Hall–Kier alpha value is -1.92. The Balaban J connectivity index is 1.86. The summed E-state index contributed by atoms with van der Waals surface area (Å²) in [5.74, 6) is -0.564. The Morgan fingerprint density at radius 3 is 2.77 bits per heavy atom. The van der Waals surface area contributed by atoms with E-state index in [-0.39, 0.29) is 17.9 Å². The molecule has 120 valence electrons. The van der Waals surface area contributed by atoms with Crippen LogP contribution in [0.15, 0.2) is 30.3 Å². The number of morpholine rings is 1. The molecule has 1 atom stereocenters. The molecule has 1 unspecified atom stereocenters. The number of hydrazine groups is 1. The van der Waals surface area contributed by atoms with Crippen LogP contribution in [0.3, 0.4) is 0 Å². The summed E-state index contributed by atoms with van der Waals surface area (Å²) in [4.78, 5) is 26.3. The van der Waals surface area contributed by atoms with Crippen molar-refractivity contribution in [3.8, 4) is 0 Å². The number of hydrogen-bond acceptors (Lipinski definition) is 4. The fourth-order valence-electron chi connectivity index (χ4n) is 2.37. The summed E-state index contributed by atoms with van der Waals surface area (Å²) in [5.41, 5.74) is 5.45. The Kier molecular flexibility index (Phi) is 6.36. The summed E-state index contributed by atoms with van der Waals surface area (Å²) in [6.45, 7) is 4.73. The first-order chi connectivity index (χ1) is 10.7. The van der Waals surface area contributed by atoms with Crippen LogP contribution >= 0.6 is 0 Å². The van der Waals surface area contributed by atoms with E-state index in [1.807, 2.05) is 6.07 Å². The summed E-state index contributed by atoms with van der Waals surface area (Å²) in [7, 11) is 0. The highest BCUT2D eigenvalue weighted by Gasteiger charge is 2.29. The SMILES string of the molecule is CCCCN1CCOCC1C(=O)NNC(=O)c1ccccc1. The second-order valence-corrected chi connectivity index (χ2v) is 5.29. The van der Waals surface area contributed by atoms with Crippen LogP contribution in [0.1, 0.15) is 30.1 Å². The number of nitrogens with one attached hydrogen (secondary N) is 2. The highest BCUT2D eigenvalue weighted by Crippen LogP contribution is 2.08. The van der Waals surface area contributed by atoms with Gasteiger partial charge in [0.1, 0.15) is 6.04 Å². The third-order valence-electron chi connectivity index (χ3n) is 3.68. The Morgan fingerprint density at radius 2 is 2.05 bits per heavy atom. The van der Waals surface area contributed by atoms with E-state index >= 15 is 0 Å². The van der Waals surface area contributed by atoms with Crippen LogP contribution in [0.2, 0.25) is 0 Å². The van der Waals surface area contributed by atoms with E-state index in [9.17, 15) is 9.59 Å². The Morgan fingerprint density at radius 1 is 1.27 bits per heavy atom. The highest BCUT2D eigenvalue weighted by atomic mass is 16.5. The first-order valence-corrected chi connectivity index (χ1v) is 7.69. The van der Waals surface area contributed by atoms with Crippen LogP contribution in [-0.2, 0) is 9.53 Å². The number of nitrogens with zero attached hydrogens (tertiary/aromatic N) is 1. The zero-order chi connectivity index (χ0) is 15.8. The molecule has 6 heteroatoms. The van der Waals surface area contributed by atoms with Gasteiger partial charge in [-0.3, -0.25) is 25.3 Å². The molecule has 0 aliphatic carbocycles. The molecule has 1 aromatic rings. The quantitative estimate of drug-likeness (QED) is 0.795. The van der Waals surface area contributed by atoms with Crippen molar-refractivity contribution in [2.75, 3.05) is 26.3 Å². The van der Waals surface area contributed by atoms with Crippen LogP contribution < -0.4 is 10.9 Å². The van der Waals surface area contributed by atoms with Crippen LogP contribution in [0.5, 0.6) is 0 Å². The molecule has 1 aliphatic rings. The molecule has 1 aromatic carbocycles. The summed E-state index contributed by atoms with van der Waals surface area (Å²) in [5, 5.41) is 0. The van der Waals surface area contributed by atoms with E-state index < -0.39 is 0 Å². The number of benzene rings is 1. The molecule has 1 heterocycles. The van der Waals surface area contributed by atoms with Gasteiger partial charge in [0, 0.05) is 12.1 Å². The molecule has 2 amide bonds. The van der Waals surface area contributed by atoms with Gasteiger partial charge in [-0.25, -0.2) is 0 Å². The topological polar surface area (TPSA) is 70.7 Å². The lowest BCUT2D eigenvalue weighted by atomic mass is 10.2. The van der Waals surface area contributed by atoms with Gasteiger partial charge in [-0.05, 0) is 25.1 Å². The second kappa shape index (κ2) is 8.51. The third-order valence-corrected chi connectivity index (χ3v) is 3.68. The van der Waals surface area contributed by atoms with Gasteiger partial charge in [-0.15, -0.1) is 0 Å². The van der Waals surface area contributed by atoms with Crippen molar-refractivity contribution in [3.63, 3.8) is 0 Å². The molecule has 6 nitrogen and oxygen atoms in total. The van der Waals surface area contributed by atoms with Gasteiger partial charge in [-0.1, -0.05) is 31.5 Å². The first-order valence-electron chi connectivity index (χ1n) is 7.69. The fraction of sp³-hybridized carbons (Fsp3) is 0.500. The number of hydrogen-bond donors (Lipinski definition) is 2. The van der Waals surface area contributed by atoms with Crippen molar-refractivity contribution >= 4 is 11.8 Å². The van der Waals surface area contributed by atoms with E-state index in [0.717, 1.165) is 25.9 Å². The molecule has 0 radical (unpaired) electrons. The average molecular weight is 305 g/mol. The standard InChI is InChI=1S/C16H23N3O3/c1-2-3-9-19-10-11-22-12-14(19)16(21)18-17-15(20)13-7-5-4-6-8-13/h4-8,14H,2-3,9-12H2,1H3,(H,17,20)(H,18,21). The van der Waals surface area contributed by atoms with E-state index in [4.69, 9.17) is 4.74 Å². The van der Waals surface area contributed by atoms with Gasteiger partial charge < -0.3 is 4.74 Å². The maximum Gasteiger partial charge on any atom is 0.269 e. The van der Waals surface area contributed by atoms with Crippen molar-refractivity contribution in [2.24, 2.45) is 0 Å². The molecule has 0 saturated carbocycles. The minimum atomic E-state index is -0.351. The number of unbranched alkanes of at least 4 members (excludes halogenated alkanes) is 1. The molecule has 0 aromatic heterocycles. The van der Waals surface area contributed by atoms with Gasteiger partial charge in [0.25, 0.3) is 11.8 Å². The molecular formula is C16H23N3O3. The maximum atomic E-state index is 12.3. The number of carbonyl (C=O) groups excluding carboxylic acids is 2. The molecule has 1 saturated heterocycles. The van der Waals surface area contributed by atoms with Crippen molar-refractivity contribution in [3.05, 3.63) is 35.9 Å². The van der Waals surface area contributed by atoms with E-state index in [0.29, 0.717) is 18.8 Å². The van der Waals surface area contributed by atoms with Gasteiger partial charge in [0.05, 0.1) is 13.2 Å². The minimum absolute atomic E-state index is 0.236. The first kappa shape index (κ1) is 16.5. The van der Waals surface area contributed by atoms with Gasteiger partial charge >= 0.3 is 0 Å². The summed E-state index contributed by atoms with van der Waals surface area (Å²) >= 11 is 0. The number of carbonyl (C=O) groups is 2. The largest absolute Gasteiger partial charge is 0.378 e. The van der Waals surface area contributed by atoms with Crippen LogP contribution in [0.4, 0.5) is 0 Å². The molecule has 2 N–H and O–H groups in total. The average Bonchev–Trinajstić information content (AvgIpc) is 2.58. The zero-order valence-corrected chi connectivity index (χ0v) is 12.9. The third kappa shape index (κ3) is 4.54. The number of amides is 2. The van der Waals surface area contributed by atoms with Crippen LogP contribution in [-0.4, -0.2) is 49.1 Å². The monoisotopic (exact) mass is 305 g/mol. The molecule has 0 spiro atoms. The number of rotatable bonds is 5. The van der Waals surface area contributed by atoms with Crippen molar-refractivity contribution in [1.82, 2.24) is 15.8 Å². The summed E-state index contributed by atoms with van der Waals surface area (Å²) in [6.07, 6.45) is 2.12. The highest BCUT2D eigenvalue weighted by molar-refractivity contribution is 5.95.